The van der Waals surface area contributed by atoms with Gasteiger partial charge in [-0.15, -0.1) is 16.4 Å². The number of carbonyl (C=O) groups excluding carboxylic acids is 1. The molecule has 23 heavy (non-hydrogen) atoms. The SMILES string of the molecule is O=C(Cn1cnnn1)Nc1ncc(Cc2cccc(Cl)c2Cl)s1. The molecule has 0 unspecified atom stereocenters. The van der Waals surface area contributed by atoms with Crippen LogP contribution in [0.1, 0.15) is 10.4 Å². The lowest BCUT2D eigenvalue weighted by atomic mass is 10.1. The molecule has 3 rings (SSSR count). The number of carbonyl (C=O) groups is 1. The number of hydrogen-bond acceptors (Lipinski definition) is 6. The maximum Gasteiger partial charge on any atom is 0.248 e. The number of amides is 1. The predicted octanol–water partition coefficient (Wildman–Crippen LogP) is 2.67. The molecule has 0 radical (unpaired) electrons. The number of anilines is 1. The third-order valence-electron chi connectivity index (χ3n) is 2.89. The lowest BCUT2D eigenvalue weighted by Crippen LogP contribution is -2.18. The van der Waals surface area contributed by atoms with Gasteiger partial charge in [-0.3, -0.25) is 4.79 Å². The van der Waals surface area contributed by atoms with E-state index in [4.69, 9.17) is 23.2 Å². The van der Waals surface area contributed by atoms with Crippen LogP contribution in [-0.4, -0.2) is 31.1 Å². The Balaban J connectivity index is 1.64. The van der Waals surface area contributed by atoms with Gasteiger partial charge in [0.2, 0.25) is 5.91 Å². The first-order valence-corrected chi connectivity index (χ1v) is 8.07. The van der Waals surface area contributed by atoms with E-state index >= 15 is 0 Å². The first-order chi connectivity index (χ1) is 11.1. The van der Waals surface area contributed by atoms with Crippen LogP contribution in [0.5, 0.6) is 0 Å². The molecule has 0 aliphatic carbocycles. The second kappa shape index (κ2) is 7.03. The van der Waals surface area contributed by atoms with Gasteiger partial charge in [-0.1, -0.05) is 35.3 Å². The summed E-state index contributed by atoms with van der Waals surface area (Å²) in [5.41, 5.74) is 0.911. The van der Waals surface area contributed by atoms with Gasteiger partial charge < -0.3 is 5.32 Å². The highest BCUT2D eigenvalue weighted by Gasteiger charge is 2.10. The van der Waals surface area contributed by atoms with Gasteiger partial charge >= 0.3 is 0 Å². The summed E-state index contributed by atoms with van der Waals surface area (Å²) in [6.07, 6.45) is 3.67. The van der Waals surface area contributed by atoms with Crippen LogP contribution >= 0.6 is 34.5 Å². The number of halogens is 2. The molecule has 3 aromatic rings. The van der Waals surface area contributed by atoms with Crippen molar-refractivity contribution in [3.63, 3.8) is 0 Å². The van der Waals surface area contributed by atoms with E-state index in [9.17, 15) is 4.79 Å². The number of rotatable bonds is 5. The van der Waals surface area contributed by atoms with Gasteiger partial charge in [0, 0.05) is 17.5 Å². The zero-order valence-corrected chi connectivity index (χ0v) is 13.9. The molecule has 2 aromatic heterocycles. The molecule has 7 nitrogen and oxygen atoms in total. The summed E-state index contributed by atoms with van der Waals surface area (Å²) >= 11 is 13.6. The zero-order chi connectivity index (χ0) is 16.2. The molecule has 1 N–H and O–H groups in total. The van der Waals surface area contributed by atoms with Crippen LogP contribution in [0.3, 0.4) is 0 Å². The van der Waals surface area contributed by atoms with E-state index in [2.05, 4.69) is 25.8 Å². The van der Waals surface area contributed by atoms with Gasteiger partial charge in [-0.05, 0) is 22.1 Å². The molecular formula is C13H10Cl2N6OS. The molecule has 1 amide bonds. The highest BCUT2D eigenvalue weighted by atomic mass is 35.5. The van der Waals surface area contributed by atoms with Crippen LogP contribution in [0.15, 0.2) is 30.7 Å². The van der Waals surface area contributed by atoms with Gasteiger partial charge in [-0.2, -0.15) is 0 Å². The number of benzene rings is 1. The molecule has 0 saturated heterocycles. The smallest absolute Gasteiger partial charge is 0.248 e. The predicted molar refractivity (Wildman–Crippen MR) is 87.8 cm³/mol. The Morgan fingerprint density at radius 2 is 2.22 bits per heavy atom. The molecule has 10 heteroatoms. The Labute approximate surface area is 145 Å². The van der Waals surface area contributed by atoms with Crippen LogP contribution in [0.2, 0.25) is 10.0 Å². The molecule has 0 bridgehead atoms. The fourth-order valence-electron chi connectivity index (χ4n) is 1.88. The number of hydrogen-bond donors (Lipinski definition) is 1. The van der Waals surface area contributed by atoms with Crippen LogP contribution in [0.4, 0.5) is 5.13 Å². The fourth-order valence-corrected chi connectivity index (χ4v) is 3.12. The van der Waals surface area contributed by atoms with Crippen molar-refractivity contribution in [2.45, 2.75) is 13.0 Å². The topological polar surface area (TPSA) is 85.6 Å². The van der Waals surface area contributed by atoms with Crippen molar-refractivity contribution in [1.82, 2.24) is 25.2 Å². The van der Waals surface area contributed by atoms with E-state index in [1.54, 1.807) is 12.3 Å². The van der Waals surface area contributed by atoms with Crippen molar-refractivity contribution in [3.8, 4) is 0 Å². The molecule has 2 heterocycles. The molecule has 0 fully saturated rings. The normalized spacial score (nSPS) is 10.7. The number of aromatic nitrogens is 5. The Bertz CT molecular complexity index is 820. The van der Waals surface area contributed by atoms with E-state index in [1.807, 2.05) is 12.1 Å². The van der Waals surface area contributed by atoms with Crippen molar-refractivity contribution in [1.29, 1.82) is 0 Å². The second-order valence-electron chi connectivity index (χ2n) is 4.58. The Morgan fingerprint density at radius 3 is 3.00 bits per heavy atom. The molecule has 0 atom stereocenters. The number of tetrazole rings is 1. The molecular weight excluding hydrogens is 359 g/mol. The summed E-state index contributed by atoms with van der Waals surface area (Å²) in [4.78, 5) is 17.0. The monoisotopic (exact) mass is 368 g/mol. The van der Waals surface area contributed by atoms with Crippen LogP contribution < -0.4 is 5.32 Å². The average Bonchev–Trinajstić information content (AvgIpc) is 3.16. The van der Waals surface area contributed by atoms with Gasteiger partial charge in [0.25, 0.3) is 0 Å². The molecule has 0 aliphatic rings. The van der Waals surface area contributed by atoms with Crippen LogP contribution in [-0.2, 0) is 17.8 Å². The quantitative estimate of drug-likeness (QED) is 0.747. The third kappa shape index (κ3) is 4.04. The lowest BCUT2D eigenvalue weighted by molar-refractivity contribution is -0.116. The maximum absolute atomic E-state index is 11.8. The minimum atomic E-state index is -0.251. The molecule has 0 spiro atoms. The summed E-state index contributed by atoms with van der Waals surface area (Å²) in [5, 5.41) is 14.8. The average molecular weight is 369 g/mol. The Hall–Kier alpha value is -2.03. The summed E-state index contributed by atoms with van der Waals surface area (Å²) in [5.74, 6) is -0.251. The van der Waals surface area contributed by atoms with Crippen molar-refractivity contribution in [3.05, 3.63) is 51.2 Å². The summed E-state index contributed by atoms with van der Waals surface area (Å²) in [6.45, 7) is 0.0298. The number of nitrogens with zero attached hydrogens (tertiary/aromatic N) is 5. The first kappa shape index (κ1) is 15.9. The fraction of sp³-hybridized carbons (Fsp3) is 0.154. The minimum Gasteiger partial charge on any atom is -0.300 e. The first-order valence-electron chi connectivity index (χ1n) is 6.50. The largest absolute Gasteiger partial charge is 0.300 e. The van der Waals surface area contributed by atoms with Crippen molar-refractivity contribution in [2.75, 3.05) is 5.32 Å². The van der Waals surface area contributed by atoms with Crippen LogP contribution in [0.25, 0.3) is 0 Å². The molecule has 0 aliphatic heterocycles. The number of nitrogens with one attached hydrogen (secondary N) is 1. The van der Waals surface area contributed by atoms with Gasteiger partial charge in [-0.25, -0.2) is 9.67 Å². The van der Waals surface area contributed by atoms with Gasteiger partial charge in [0.05, 0.1) is 10.0 Å². The Kier molecular flexibility index (Phi) is 4.85. The van der Waals surface area contributed by atoms with Gasteiger partial charge in [0.1, 0.15) is 12.9 Å². The summed E-state index contributed by atoms with van der Waals surface area (Å²) in [6, 6.07) is 5.49. The molecule has 118 valence electrons. The van der Waals surface area contributed by atoms with E-state index in [0.717, 1.165) is 10.4 Å². The van der Waals surface area contributed by atoms with Crippen molar-refractivity contribution >= 4 is 45.6 Å². The van der Waals surface area contributed by atoms with Crippen LogP contribution in [0, 0.1) is 0 Å². The third-order valence-corrected chi connectivity index (χ3v) is 4.66. The van der Waals surface area contributed by atoms with Crippen molar-refractivity contribution in [2.24, 2.45) is 0 Å². The lowest BCUT2D eigenvalue weighted by Gasteiger charge is -2.03. The van der Waals surface area contributed by atoms with Gasteiger partial charge in [0.15, 0.2) is 5.13 Å². The van der Waals surface area contributed by atoms with E-state index in [0.29, 0.717) is 21.6 Å². The Morgan fingerprint density at radius 1 is 1.35 bits per heavy atom. The summed E-state index contributed by atoms with van der Waals surface area (Å²) in [7, 11) is 0. The highest BCUT2D eigenvalue weighted by molar-refractivity contribution is 7.15. The minimum absolute atomic E-state index is 0.0298. The van der Waals surface area contributed by atoms with E-state index in [-0.39, 0.29) is 12.5 Å². The zero-order valence-electron chi connectivity index (χ0n) is 11.6. The standard InChI is InChI=1S/C13H10Cl2N6OS/c14-10-3-1-2-8(12(10)15)4-9-5-16-13(23-9)18-11(22)6-21-7-17-19-20-21/h1-3,5,7H,4,6H2,(H,16,18,22). The highest BCUT2D eigenvalue weighted by Crippen LogP contribution is 2.29. The number of thiazole rings is 1. The van der Waals surface area contributed by atoms with Crippen molar-refractivity contribution < 1.29 is 4.79 Å². The summed E-state index contributed by atoms with van der Waals surface area (Å²) < 4.78 is 1.33. The van der Waals surface area contributed by atoms with E-state index < -0.39 is 0 Å². The second-order valence-corrected chi connectivity index (χ2v) is 6.48. The van der Waals surface area contributed by atoms with E-state index in [1.165, 1.54) is 22.3 Å². The molecule has 0 saturated carbocycles. The maximum atomic E-state index is 11.8. The molecule has 1 aromatic carbocycles.